The van der Waals surface area contributed by atoms with Crippen LogP contribution < -0.4 is 9.47 Å². The van der Waals surface area contributed by atoms with Gasteiger partial charge in [-0.15, -0.1) is 0 Å². The molecule has 18 nitrogen and oxygen atoms in total. The minimum absolute atomic E-state index is 0.115. The number of aldehydes is 2. The smallest absolute Gasteiger partial charge is 0.261 e. The van der Waals surface area contributed by atoms with Crippen LogP contribution in [0.3, 0.4) is 0 Å². The van der Waals surface area contributed by atoms with Gasteiger partial charge < -0.3 is 58.3 Å². The molecule has 18 heteroatoms. The Morgan fingerprint density at radius 3 is 1.40 bits per heavy atom. The number of hydrogen-bond acceptors (Lipinski definition) is 14. The van der Waals surface area contributed by atoms with Crippen LogP contribution in [0.25, 0.3) is 0 Å². The van der Waals surface area contributed by atoms with Gasteiger partial charge in [-0.3, -0.25) is 29.0 Å². The summed E-state index contributed by atoms with van der Waals surface area (Å²) in [4.78, 5) is 62.7. The van der Waals surface area contributed by atoms with E-state index in [1.807, 2.05) is 58.0 Å². The van der Waals surface area contributed by atoms with E-state index < -0.39 is 0 Å². The van der Waals surface area contributed by atoms with Crippen molar-refractivity contribution in [2.24, 2.45) is 0 Å². The molecule has 3 aromatic heterocycles. The number of aromatic amines is 3. The van der Waals surface area contributed by atoms with Crippen molar-refractivity contribution in [1.82, 2.24) is 24.8 Å². The number of fused-ring (bicyclic) bond motifs is 1. The molecule has 0 bridgehead atoms. The summed E-state index contributed by atoms with van der Waals surface area (Å²) in [5.41, 5.74) is 16.6. The van der Waals surface area contributed by atoms with Crippen LogP contribution in [0, 0.1) is 27.7 Å². The molecule has 0 atom stereocenters. The summed E-state index contributed by atoms with van der Waals surface area (Å²) >= 11 is 0. The molecule has 7 rings (SSSR count). The molecular formula is C66H89N5O13. The first-order valence-electron chi connectivity index (χ1n) is 29.5. The number of amides is 2. The van der Waals surface area contributed by atoms with E-state index in [2.05, 4.69) is 45.8 Å². The Bertz CT molecular complexity index is 2880. The van der Waals surface area contributed by atoms with Crippen LogP contribution in [0.4, 0.5) is 0 Å². The lowest BCUT2D eigenvalue weighted by Gasteiger charge is -2.25. The Kier molecular flexibility index (Phi) is 28.1. The Morgan fingerprint density at radius 2 is 0.964 bits per heavy atom. The maximum Gasteiger partial charge on any atom is 0.261 e. The van der Waals surface area contributed by atoms with Crippen molar-refractivity contribution >= 4 is 24.4 Å². The molecule has 0 saturated heterocycles. The molecule has 6 aromatic rings. The minimum Gasteiger partial charge on any atom is -0.487 e. The lowest BCUT2D eigenvalue weighted by Crippen LogP contribution is -2.39. The molecule has 1 aliphatic heterocycles. The van der Waals surface area contributed by atoms with Gasteiger partial charge in [0.2, 0.25) is 0 Å². The van der Waals surface area contributed by atoms with Gasteiger partial charge in [0.05, 0.1) is 82.0 Å². The van der Waals surface area contributed by atoms with Gasteiger partial charge in [0, 0.05) is 82.1 Å². The van der Waals surface area contributed by atoms with Gasteiger partial charge in [-0.2, -0.15) is 0 Å². The predicted octanol–water partition coefficient (Wildman–Crippen LogP) is 8.64. The fourth-order valence-corrected chi connectivity index (χ4v) is 10.6. The third kappa shape index (κ3) is 18.9. The summed E-state index contributed by atoms with van der Waals surface area (Å²) in [7, 11) is 1.64. The van der Waals surface area contributed by atoms with Crippen molar-refractivity contribution in [3.63, 3.8) is 0 Å². The molecule has 0 aliphatic carbocycles. The highest BCUT2D eigenvalue weighted by atomic mass is 16.6. The zero-order chi connectivity index (χ0) is 60.2. The minimum atomic E-state index is -0.236. The number of aromatic nitrogens is 3. The normalized spacial score (nSPS) is 12.1. The SMILES string of the molecule is CCc1c(Cc2[nH]c(C=O)c(C)c2CCCO)[nH]c(Cc2[nH]c(C=O)c(C)c2CCCO)c1CC.COCCOCCOCCOc1cc(C)c(C)cc1OCCOCCOCCN(CCN1C(=O)c2ccccc2C1=O)Cc1ccccc1. The van der Waals surface area contributed by atoms with Gasteiger partial charge in [0.15, 0.2) is 24.1 Å². The van der Waals surface area contributed by atoms with Crippen molar-refractivity contribution in [2.45, 2.75) is 99.5 Å². The Labute approximate surface area is 495 Å². The number of H-pyrrole nitrogens is 3. The van der Waals surface area contributed by atoms with E-state index in [-0.39, 0.29) is 25.0 Å². The largest absolute Gasteiger partial charge is 0.487 e. The Morgan fingerprint density at radius 1 is 0.536 bits per heavy atom. The van der Waals surface area contributed by atoms with Gasteiger partial charge in [-0.25, -0.2) is 0 Å². The summed E-state index contributed by atoms with van der Waals surface area (Å²) < 4.78 is 39.5. The summed E-state index contributed by atoms with van der Waals surface area (Å²) in [6, 6.07) is 21.1. The monoisotopic (exact) mass is 1160 g/mol. The zero-order valence-corrected chi connectivity index (χ0v) is 50.5. The molecule has 3 aromatic carbocycles. The third-order valence-electron chi connectivity index (χ3n) is 15.3. The van der Waals surface area contributed by atoms with Gasteiger partial charge >= 0.3 is 0 Å². The third-order valence-corrected chi connectivity index (χ3v) is 15.3. The second-order valence-corrected chi connectivity index (χ2v) is 20.8. The molecule has 0 fully saturated rings. The van der Waals surface area contributed by atoms with E-state index in [0.29, 0.717) is 159 Å². The Balaban J connectivity index is 0.000000285. The van der Waals surface area contributed by atoms with Crippen LogP contribution in [0.5, 0.6) is 11.5 Å². The highest BCUT2D eigenvalue weighted by molar-refractivity contribution is 6.21. The van der Waals surface area contributed by atoms with Gasteiger partial charge in [0.25, 0.3) is 11.8 Å². The molecule has 456 valence electrons. The number of aliphatic hydroxyl groups is 2. The van der Waals surface area contributed by atoms with E-state index in [9.17, 15) is 29.4 Å². The first-order chi connectivity index (χ1) is 40.9. The fourth-order valence-electron chi connectivity index (χ4n) is 10.6. The maximum atomic E-state index is 12.8. The van der Waals surface area contributed by atoms with Gasteiger partial charge in [0.1, 0.15) is 13.2 Å². The number of ether oxygens (including phenoxy) is 7. The molecule has 2 amide bonds. The van der Waals surface area contributed by atoms with E-state index in [1.54, 1.807) is 31.4 Å². The molecule has 84 heavy (non-hydrogen) atoms. The zero-order valence-electron chi connectivity index (χ0n) is 50.5. The Hall–Kier alpha value is -6.74. The number of methoxy groups -OCH3 is 1. The number of hydrogen-bond donors (Lipinski definition) is 5. The van der Waals surface area contributed by atoms with Crippen LogP contribution in [0.15, 0.2) is 66.7 Å². The molecule has 0 unspecified atom stereocenters. The van der Waals surface area contributed by atoms with Crippen molar-refractivity contribution in [3.05, 3.63) is 162 Å². The molecular weight excluding hydrogens is 1070 g/mol. The van der Waals surface area contributed by atoms with Crippen molar-refractivity contribution in [2.75, 3.05) is 113 Å². The molecule has 4 heterocycles. The van der Waals surface area contributed by atoms with E-state index in [1.165, 1.54) is 16.0 Å². The first-order valence-corrected chi connectivity index (χ1v) is 29.5. The molecule has 0 saturated carbocycles. The van der Waals surface area contributed by atoms with Crippen LogP contribution in [0.2, 0.25) is 0 Å². The lowest BCUT2D eigenvalue weighted by atomic mass is 9.97. The number of benzene rings is 3. The second kappa shape index (κ2) is 35.5. The van der Waals surface area contributed by atoms with Crippen molar-refractivity contribution in [1.29, 1.82) is 0 Å². The van der Waals surface area contributed by atoms with Crippen molar-refractivity contribution in [3.8, 4) is 11.5 Å². The number of carbonyl (C=O) groups excluding carboxylic acids is 4. The highest BCUT2D eigenvalue weighted by Gasteiger charge is 2.35. The first kappa shape index (κ1) is 66.4. The van der Waals surface area contributed by atoms with Crippen molar-refractivity contribution < 1.29 is 62.5 Å². The molecule has 5 N–H and O–H groups in total. The number of aliphatic hydroxyl groups excluding tert-OH is 2. The van der Waals surface area contributed by atoms with E-state index >= 15 is 0 Å². The van der Waals surface area contributed by atoms with Crippen LogP contribution >= 0.6 is 0 Å². The average Bonchev–Trinajstić information content (AvgIpc) is 3.31. The highest BCUT2D eigenvalue weighted by Crippen LogP contribution is 2.32. The fraction of sp³-hybridized carbons (Fsp3) is 0.485. The number of nitrogens with one attached hydrogen (secondary N) is 3. The molecule has 0 spiro atoms. The second-order valence-electron chi connectivity index (χ2n) is 20.8. The number of carbonyl (C=O) groups is 4. The molecule has 1 aliphatic rings. The number of aryl methyl sites for hydroxylation is 2. The number of nitrogens with zero attached hydrogens (tertiary/aromatic N) is 2. The topological polar surface area (TPSA) is 227 Å². The summed E-state index contributed by atoms with van der Waals surface area (Å²) in [6.07, 6.45) is 7.59. The average molecular weight is 1160 g/mol. The molecule has 0 radical (unpaired) electrons. The van der Waals surface area contributed by atoms with E-state index in [4.69, 9.17) is 33.2 Å². The quantitative estimate of drug-likeness (QED) is 0.0138. The number of imide groups is 1. The van der Waals surface area contributed by atoms with Gasteiger partial charge in [-0.1, -0.05) is 56.3 Å². The lowest BCUT2D eigenvalue weighted by molar-refractivity contribution is 0.0173. The van der Waals surface area contributed by atoms with Gasteiger partial charge in [-0.05, 0) is 141 Å². The summed E-state index contributed by atoms with van der Waals surface area (Å²) in [6.45, 7) is 19.8. The standard InChI is InChI=1S/C38H50N2O9.C28H39N3O4/c1-30-27-35(36(28-31(30)2)49-26-24-47-22-21-45-18-17-43-3)48-25-23-46-20-19-44-16-15-39(29-32-9-5-4-6-10-32)13-14-40-37(41)33-11-7-8-12-34(33)38(40)42;1-5-19-20(6-2)24(14-26-22(10-8-12-33)18(4)28(16-35)31-26)29-23(19)13-25-21(9-7-11-32)17(3)27(15-34)30-25/h4-12,27-28H,13-26,29H2,1-3H3;15-16,29-33H,5-14H2,1-4H3. The summed E-state index contributed by atoms with van der Waals surface area (Å²) in [5.74, 6) is 0.875. The van der Waals surface area contributed by atoms with Crippen LogP contribution in [0.1, 0.15) is 141 Å². The number of rotatable bonds is 39. The summed E-state index contributed by atoms with van der Waals surface area (Å²) in [5, 5.41) is 18.7. The predicted molar refractivity (Wildman–Crippen MR) is 323 cm³/mol. The van der Waals surface area contributed by atoms with E-state index in [0.717, 1.165) is 100.0 Å². The maximum absolute atomic E-state index is 12.8. The van der Waals surface area contributed by atoms with Crippen LogP contribution in [-0.4, -0.2) is 172 Å². The van der Waals surface area contributed by atoms with Crippen LogP contribution in [-0.2, 0) is 68.8 Å².